The lowest BCUT2D eigenvalue weighted by atomic mass is 10.1. The summed E-state index contributed by atoms with van der Waals surface area (Å²) < 4.78 is 1.94. The molecule has 0 aliphatic heterocycles. The number of anilines is 1. The van der Waals surface area contributed by atoms with Crippen molar-refractivity contribution in [2.45, 2.75) is 27.2 Å². The van der Waals surface area contributed by atoms with Crippen molar-refractivity contribution in [1.29, 1.82) is 0 Å². The van der Waals surface area contributed by atoms with Gasteiger partial charge >= 0.3 is 6.03 Å². The summed E-state index contributed by atoms with van der Waals surface area (Å²) in [6.45, 7) is 6.27. The van der Waals surface area contributed by atoms with E-state index < -0.39 is 0 Å². The van der Waals surface area contributed by atoms with Crippen LogP contribution in [0.5, 0.6) is 0 Å². The predicted octanol–water partition coefficient (Wildman–Crippen LogP) is 2.74. The summed E-state index contributed by atoms with van der Waals surface area (Å²) >= 11 is 0. The van der Waals surface area contributed by atoms with Gasteiger partial charge < -0.3 is 20.4 Å². The highest BCUT2D eigenvalue weighted by Crippen LogP contribution is 2.21. The van der Waals surface area contributed by atoms with Gasteiger partial charge in [0, 0.05) is 31.0 Å². The van der Waals surface area contributed by atoms with Gasteiger partial charge in [-0.3, -0.25) is 4.79 Å². The first-order valence-electron chi connectivity index (χ1n) is 9.24. The number of hydrogen-bond acceptors (Lipinski definition) is 3. The number of carbonyl (C=O) groups excluding carboxylic acids is 2. The van der Waals surface area contributed by atoms with Gasteiger partial charge in [0.15, 0.2) is 0 Å². The largest absolute Gasteiger partial charge is 0.338 e. The average molecular weight is 379 g/mol. The SMILES string of the molecule is Cc1cc(C)c(NC(=O)CNC(=O)NCCc2cn3ccccc3n2)c(C)c1. The highest BCUT2D eigenvalue weighted by Gasteiger charge is 2.10. The number of nitrogens with one attached hydrogen (secondary N) is 3. The van der Waals surface area contributed by atoms with E-state index in [0.717, 1.165) is 33.7 Å². The molecule has 0 unspecified atom stereocenters. The smallest absolute Gasteiger partial charge is 0.315 e. The molecule has 0 aliphatic carbocycles. The Morgan fingerprint density at radius 2 is 1.82 bits per heavy atom. The van der Waals surface area contributed by atoms with E-state index in [1.54, 1.807) is 0 Å². The van der Waals surface area contributed by atoms with Crippen LogP contribution >= 0.6 is 0 Å². The van der Waals surface area contributed by atoms with Crippen molar-refractivity contribution in [2.24, 2.45) is 0 Å². The zero-order valence-corrected chi connectivity index (χ0v) is 16.4. The Morgan fingerprint density at radius 3 is 2.54 bits per heavy atom. The number of benzene rings is 1. The molecule has 146 valence electrons. The van der Waals surface area contributed by atoms with Crippen LogP contribution in [0.4, 0.5) is 10.5 Å². The molecule has 0 spiro atoms. The highest BCUT2D eigenvalue weighted by molar-refractivity contribution is 5.95. The van der Waals surface area contributed by atoms with Crippen LogP contribution in [0.1, 0.15) is 22.4 Å². The molecule has 0 radical (unpaired) electrons. The third-order valence-electron chi connectivity index (χ3n) is 4.43. The number of urea groups is 1. The lowest BCUT2D eigenvalue weighted by molar-refractivity contribution is -0.115. The molecule has 0 fully saturated rings. The van der Waals surface area contributed by atoms with Gasteiger partial charge in [0.1, 0.15) is 5.65 Å². The van der Waals surface area contributed by atoms with Crippen molar-refractivity contribution >= 4 is 23.3 Å². The van der Waals surface area contributed by atoms with Gasteiger partial charge in [0.25, 0.3) is 0 Å². The number of fused-ring (bicyclic) bond motifs is 1. The predicted molar refractivity (Wildman–Crippen MR) is 110 cm³/mol. The van der Waals surface area contributed by atoms with Crippen molar-refractivity contribution in [1.82, 2.24) is 20.0 Å². The third kappa shape index (κ3) is 4.88. The Kier molecular flexibility index (Phi) is 5.93. The van der Waals surface area contributed by atoms with Gasteiger partial charge in [-0.15, -0.1) is 0 Å². The summed E-state index contributed by atoms with van der Waals surface area (Å²) in [6, 6.07) is 9.46. The van der Waals surface area contributed by atoms with Crippen LogP contribution in [0.2, 0.25) is 0 Å². The first-order chi connectivity index (χ1) is 13.4. The number of aryl methyl sites for hydroxylation is 3. The number of imidazole rings is 1. The molecule has 0 saturated carbocycles. The Balaban J connectivity index is 1.42. The van der Waals surface area contributed by atoms with Crippen LogP contribution in [0.15, 0.2) is 42.7 Å². The van der Waals surface area contributed by atoms with Gasteiger partial charge in [0.05, 0.1) is 12.2 Å². The maximum absolute atomic E-state index is 12.1. The van der Waals surface area contributed by atoms with Gasteiger partial charge in [-0.25, -0.2) is 9.78 Å². The van der Waals surface area contributed by atoms with Crippen molar-refractivity contribution < 1.29 is 9.59 Å². The fraction of sp³-hybridized carbons (Fsp3) is 0.286. The zero-order valence-electron chi connectivity index (χ0n) is 16.4. The third-order valence-corrected chi connectivity index (χ3v) is 4.43. The van der Waals surface area contributed by atoms with Crippen molar-refractivity contribution in [3.63, 3.8) is 0 Å². The second kappa shape index (κ2) is 8.56. The van der Waals surface area contributed by atoms with E-state index in [0.29, 0.717) is 13.0 Å². The van der Waals surface area contributed by atoms with Crippen LogP contribution in [0, 0.1) is 20.8 Å². The first-order valence-corrected chi connectivity index (χ1v) is 9.24. The van der Waals surface area contributed by atoms with E-state index in [2.05, 4.69) is 20.9 Å². The molecule has 3 N–H and O–H groups in total. The topological polar surface area (TPSA) is 87.5 Å². The standard InChI is InChI=1S/C21H25N5O2/c1-14-10-15(2)20(16(3)11-14)25-19(27)12-23-21(28)22-8-7-17-13-26-9-5-4-6-18(26)24-17/h4-6,9-11,13H,7-8,12H2,1-3H3,(H,25,27)(H2,22,23,28). The highest BCUT2D eigenvalue weighted by atomic mass is 16.2. The second-order valence-corrected chi connectivity index (χ2v) is 6.88. The maximum atomic E-state index is 12.1. The summed E-state index contributed by atoms with van der Waals surface area (Å²) in [5, 5.41) is 8.19. The molecule has 0 saturated heterocycles. The maximum Gasteiger partial charge on any atom is 0.315 e. The van der Waals surface area contributed by atoms with E-state index in [4.69, 9.17) is 0 Å². The van der Waals surface area contributed by atoms with Gasteiger partial charge in [-0.05, 0) is 44.0 Å². The van der Waals surface area contributed by atoms with Gasteiger partial charge in [-0.1, -0.05) is 23.8 Å². The number of nitrogens with zero attached hydrogens (tertiary/aromatic N) is 2. The molecule has 7 nitrogen and oxygen atoms in total. The number of aromatic nitrogens is 2. The molecule has 1 aromatic carbocycles. The Hall–Kier alpha value is -3.35. The van der Waals surface area contributed by atoms with Crippen LogP contribution in [0.3, 0.4) is 0 Å². The summed E-state index contributed by atoms with van der Waals surface area (Å²) in [4.78, 5) is 28.5. The fourth-order valence-electron chi connectivity index (χ4n) is 3.20. The Labute approximate surface area is 164 Å². The first kappa shape index (κ1) is 19.4. The minimum Gasteiger partial charge on any atom is -0.338 e. The number of pyridine rings is 1. The van der Waals surface area contributed by atoms with Crippen molar-refractivity contribution in [3.05, 3.63) is 65.1 Å². The summed E-state index contributed by atoms with van der Waals surface area (Å²) in [6.07, 6.45) is 4.49. The van der Waals surface area contributed by atoms with Gasteiger partial charge in [-0.2, -0.15) is 0 Å². The van der Waals surface area contributed by atoms with Crippen LogP contribution in [0.25, 0.3) is 5.65 Å². The minimum absolute atomic E-state index is 0.0903. The summed E-state index contributed by atoms with van der Waals surface area (Å²) in [5.41, 5.74) is 5.72. The zero-order chi connectivity index (χ0) is 20.1. The van der Waals surface area contributed by atoms with Crippen LogP contribution in [-0.2, 0) is 11.2 Å². The molecule has 28 heavy (non-hydrogen) atoms. The van der Waals surface area contributed by atoms with Crippen molar-refractivity contribution in [3.8, 4) is 0 Å². The molecule has 0 bridgehead atoms. The molecule has 0 atom stereocenters. The molecule has 3 amide bonds. The Bertz CT molecular complexity index is 953. The normalized spacial score (nSPS) is 10.7. The average Bonchev–Trinajstić information content (AvgIpc) is 3.05. The van der Waals surface area contributed by atoms with E-state index in [-0.39, 0.29) is 18.5 Å². The summed E-state index contributed by atoms with van der Waals surface area (Å²) in [5.74, 6) is -0.259. The molecule has 3 aromatic rings. The number of rotatable bonds is 6. The monoisotopic (exact) mass is 379 g/mol. The minimum atomic E-state index is -0.378. The van der Waals surface area contributed by atoms with Crippen molar-refractivity contribution in [2.75, 3.05) is 18.4 Å². The summed E-state index contributed by atoms with van der Waals surface area (Å²) in [7, 11) is 0. The quantitative estimate of drug-likeness (QED) is 0.615. The molecular formula is C21H25N5O2. The lowest BCUT2D eigenvalue weighted by Gasteiger charge is -2.13. The van der Waals surface area contributed by atoms with E-state index in [9.17, 15) is 9.59 Å². The second-order valence-electron chi connectivity index (χ2n) is 6.88. The fourth-order valence-corrected chi connectivity index (χ4v) is 3.20. The Morgan fingerprint density at radius 1 is 1.07 bits per heavy atom. The molecule has 2 heterocycles. The van der Waals surface area contributed by atoms with E-state index >= 15 is 0 Å². The lowest BCUT2D eigenvalue weighted by Crippen LogP contribution is -2.40. The molecule has 7 heteroatoms. The number of carbonyl (C=O) groups is 2. The van der Waals surface area contributed by atoms with Crippen LogP contribution in [-0.4, -0.2) is 34.4 Å². The van der Waals surface area contributed by atoms with E-state index in [1.807, 2.05) is 67.9 Å². The molecule has 0 aliphatic rings. The molecule has 2 aromatic heterocycles. The molecular weight excluding hydrogens is 354 g/mol. The van der Waals surface area contributed by atoms with Crippen LogP contribution < -0.4 is 16.0 Å². The van der Waals surface area contributed by atoms with E-state index in [1.165, 1.54) is 0 Å². The van der Waals surface area contributed by atoms with Gasteiger partial charge in [0.2, 0.25) is 5.91 Å². The molecule has 3 rings (SSSR count). The number of hydrogen-bond donors (Lipinski definition) is 3. The number of amides is 3.